The van der Waals surface area contributed by atoms with Crippen LogP contribution in [0.25, 0.3) is 0 Å². The van der Waals surface area contributed by atoms with Gasteiger partial charge < -0.3 is 14.8 Å². The fourth-order valence-electron chi connectivity index (χ4n) is 2.65. The summed E-state index contributed by atoms with van der Waals surface area (Å²) in [6.07, 6.45) is 1.09. The predicted octanol–water partition coefficient (Wildman–Crippen LogP) is 2.59. The van der Waals surface area contributed by atoms with Gasteiger partial charge in [0.05, 0.1) is 37.8 Å². The van der Waals surface area contributed by atoms with Crippen molar-refractivity contribution in [3.63, 3.8) is 0 Å². The summed E-state index contributed by atoms with van der Waals surface area (Å²) < 4.78 is 35.4. The molecule has 146 valence electrons. The van der Waals surface area contributed by atoms with E-state index in [2.05, 4.69) is 5.32 Å². The zero-order valence-electron chi connectivity index (χ0n) is 16.0. The van der Waals surface area contributed by atoms with Crippen molar-refractivity contribution in [3.8, 4) is 11.5 Å². The van der Waals surface area contributed by atoms with Crippen LogP contribution in [-0.4, -0.2) is 41.8 Å². The number of carbonyl (C=O) groups excluding carboxylic acids is 1. The molecule has 2 aromatic carbocycles. The molecule has 0 aliphatic carbocycles. The van der Waals surface area contributed by atoms with Gasteiger partial charge in [-0.3, -0.25) is 9.10 Å². The van der Waals surface area contributed by atoms with E-state index < -0.39 is 15.9 Å². The number of rotatable bonds is 7. The zero-order valence-corrected chi connectivity index (χ0v) is 16.8. The van der Waals surface area contributed by atoms with E-state index in [1.807, 2.05) is 6.92 Å². The Morgan fingerprint density at radius 1 is 1.11 bits per heavy atom. The van der Waals surface area contributed by atoms with Crippen molar-refractivity contribution < 1.29 is 22.7 Å². The van der Waals surface area contributed by atoms with Crippen molar-refractivity contribution in [2.24, 2.45) is 0 Å². The van der Waals surface area contributed by atoms with Crippen LogP contribution < -0.4 is 19.1 Å². The van der Waals surface area contributed by atoms with E-state index in [0.717, 1.165) is 16.1 Å². The molecule has 1 atom stereocenters. The molecule has 0 aliphatic rings. The average molecular weight is 392 g/mol. The summed E-state index contributed by atoms with van der Waals surface area (Å²) >= 11 is 0. The lowest BCUT2D eigenvalue weighted by Crippen LogP contribution is -2.31. The lowest BCUT2D eigenvalue weighted by Gasteiger charge is -2.22. The van der Waals surface area contributed by atoms with Crippen molar-refractivity contribution in [1.82, 2.24) is 5.32 Å². The number of anilines is 1. The minimum atomic E-state index is -3.50. The van der Waals surface area contributed by atoms with Crippen LogP contribution in [0.1, 0.15) is 28.9 Å². The highest BCUT2D eigenvalue weighted by molar-refractivity contribution is 7.92. The van der Waals surface area contributed by atoms with Crippen LogP contribution in [0, 0.1) is 0 Å². The highest BCUT2D eigenvalue weighted by Crippen LogP contribution is 2.30. The molecule has 0 saturated heterocycles. The van der Waals surface area contributed by atoms with E-state index in [9.17, 15) is 13.2 Å². The van der Waals surface area contributed by atoms with Crippen LogP contribution in [0.4, 0.5) is 5.69 Å². The van der Waals surface area contributed by atoms with Gasteiger partial charge in [-0.05, 0) is 37.3 Å². The number of amides is 1. The first-order valence-corrected chi connectivity index (χ1v) is 10.1. The van der Waals surface area contributed by atoms with Crippen LogP contribution in [0.2, 0.25) is 0 Å². The van der Waals surface area contributed by atoms with Crippen LogP contribution in [0.3, 0.4) is 0 Å². The van der Waals surface area contributed by atoms with Crippen molar-refractivity contribution in [1.29, 1.82) is 0 Å². The van der Waals surface area contributed by atoms with E-state index in [1.54, 1.807) is 56.7 Å². The molecule has 2 rings (SSSR count). The van der Waals surface area contributed by atoms with Crippen LogP contribution in [0.5, 0.6) is 11.5 Å². The quantitative estimate of drug-likeness (QED) is 0.783. The largest absolute Gasteiger partial charge is 0.497 e. The standard InChI is InChI=1S/C19H24N2O5S/c1-13(16-12-14(25-3)10-11-18(16)26-4)20-19(22)15-8-6-7-9-17(15)21(2)27(5,23)24/h6-13H,1-5H3,(H,20,22). The van der Waals surface area contributed by atoms with E-state index in [-0.39, 0.29) is 11.6 Å². The van der Waals surface area contributed by atoms with Crippen LogP contribution >= 0.6 is 0 Å². The number of sulfonamides is 1. The molecule has 0 radical (unpaired) electrons. The molecule has 0 heterocycles. The molecule has 27 heavy (non-hydrogen) atoms. The first-order chi connectivity index (χ1) is 12.7. The molecule has 7 nitrogen and oxygen atoms in total. The van der Waals surface area contributed by atoms with E-state index in [1.165, 1.54) is 7.05 Å². The number of nitrogens with zero attached hydrogens (tertiary/aromatic N) is 1. The average Bonchev–Trinajstić information content (AvgIpc) is 2.65. The minimum Gasteiger partial charge on any atom is -0.497 e. The number of methoxy groups -OCH3 is 2. The third-order valence-electron chi connectivity index (χ3n) is 4.24. The van der Waals surface area contributed by atoms with Gasteiger partial charge in [0.25, 0.3) is 5.91 Å². The van der Waals surface area contributed by atoms with Gasteiger partial charge >= 0.3 is 0 Å². The van der Waals surface area contributed by atoms with E-state index in [0.29, 0.717) is 17.2 Å². The minimum absolute atomic E-state index is 0.263. The molecular formula is C19H24N2O5S. The zero-order chi connectivity index (χ0) is 20.2. The van der Waals surface area contributed by atoms with Gasteiger partial charge in [-0.2, -0.15) is 0 Å². The Hall–Kier alpha value is -2.74. The Bertz CT molecular complexity index is 927. The van der Waals surface area contributed by atoms with E-state index in [4.69, 9.17) is 9.47 Å². The SMILES string of the molecule is COc1ccc(OC)c(C(C)NC(=O)c2ccccc2N(C)S(C)(=O)=O)c1. The Morgan fingerprint density at radius 2 is 1.78 bits per heavy atom. The molecule has 1 N–H and O–H groups in total. The molecule has 0 fully saturated rings. The maximum absolute atomic E-state index is 12.8. The second-order valence-corrected chi connectivity index (χ2v) is 8.06. The molecule has 0 aromatic heterocycles. The fourth-order valence-corrected chi connectivity index (χ4v) is 3.17. The van der Waals surface area contributed by atoms with Crippen LogP contribution in [-0.2, 0) is 10.0 Å². The highest BCUT2D eigenvalue weighted by atomic mass is 32.2. The first-order valence-electron chi connectivity index (χ1n) is 8.24. The molecule has 0 saturated carbocycles. The summed E-state index contributed by atoms with van der Waals surface area (Å²) in [6.45, 7) is 1.82. The monoisotopic (exact) mass is 392 g/mol. The molecule has 8 heteroatoms. The summed E-state index contributed by atoms with van der Waals surface area (Å²) in [5, 5.41) is 2.89. The summed E-state index contributed by atoms with van der Waals surface area (Å²) in [6, 6.07) is 11.5. The van der Waals surface area contributed by atoms with Crippen molar-refractivity contribution in [2.45, 2.75) is 13.0 Å². The number of benzene rings is 2. The summed E-state index contributed by atoms with van der Waals surface area (Å²) in [7, 11) is 1.03. The predicted molar refractivity (Wildman–Crippen MR) is 105 cm³/mol. The molecule has 0 aliphatic heterocycles. The molecule has 1 amide bonds. The van der Waals surface area contributed by atoms with Gasteiger partial charge in [-0.15, -0.1) is 0 Å². The molecule has 2 aromatic rings. The number of nitrogens with one attached hydrogen (secondary N) is 1. The highest BCUT2D eigenvalue weighted by Gasteiger charge is 2.22. The fraction of sp³-hybridized carbons (Fsp3) is 0.316. The number of ether oxygens (including phenoxy) is 2. The lowest BCUT2D eigenvalue weighted by atomic mass is 10.1. The number of para-hydroxylation sites is 1. The Kier molecular flexibility index (Phi) is 6.32. The van der Waals surface area contributed by atoms with E-state index >= 15 is 0 Å². The summed E-state index contributed by atoms with van der Waals surface area (Å²) in [5.74, 6) is 0.868. The Labute approximate surface area is 160 Å². The van der Waals surface area contributed by atoms with Gasteiger partial charge in [0.15, 0.2) is 0 Å². The Balaban J connectivity index is 2.34. The van der Waals surface area contributed by atoms with Gasteiger partial charge in [0, 0.05) is 12.6 Å². The third kappa shape index (κ3) is 4.71. The Morgan fingerprint density at radius 3 is 2.37 bits per heavy atom. The normalized spacial score (nSPS) is 12.2. The summed E-state index contributed by atoms with van der Waals surface area (Å²) in [4.78, 5) is 12.8. The number of carbonyl (C=O) groups is 1. The summed E-state index contributed by atoms with van der Waals surface area (Å²) in [5.41, 5.74) is 1.32. The van der Waals surface area contributed by atoms with Gasteiger partial charge in [0.2, 0.25) is 10.0 Å². The smallest absolute Gasteiger partial charge is 0.253 e. The number of hydrogen-bond acceptors (Lipinski definition) is 5. The topological polar surface area (TPSA) is 84.9 Å². The third-order valence-corrected chi connectivity index (χ3v) is 5.43. The second-order valence-electron chi connectivity index (χ2n) is 6.05. The molecule has 0 spiro atoms. The molecule has 0 bridgehead atoms. The number of hydrogen-bond donors (Lipinski definition) is 1. The van der Waals surface area contributed by atoms with Crippen molar-refractivity contribution in [2.75, 3.05) is 31.8 Å². The maximum atomic E-state index is 12.8. The molecule has 1 unspecified atom stereocenters. The van der Waals surface area contributed by atoms with Gasteiger partial charge in [-0.25, -0.2) is 8.42 Å². The second kappa shape index (κ2) is 8.30. The van der Waals surface area contributed by atoms with Crippen LogP contribution in [0.15, 0.2) is 42.5 Å². The maximum Gasteiger partial charge on any atom is 0.253 e. The van der Waals surface area contributed by atoms with Crippen molar-refractivity contribution >= 4 is 21.6 Å². The lowest BCUT2D eigenvalue weighted by molar-refractivity contribution is 0.0940. The van der Waals surface area contributed by atoms with Gasteiger partial charge in [0.1, 0.15) is 11.5 Å². The van der Waals surface area contributed by atoms with Gasteiger partial charge in [-0.1, -0.05) is 12.1 Å². The van der Waals surface area contributed by atoms with Crippen molar-refractivity contribution in [3.05, 3.63) is 53.6 Å². The molecular weight excluding hydrogens is 368 g/mol. The first kappa shape index (κ1) is 20.6.